The van der Waals surface area contributed by atoms with E-state index in [0.717, 1.165) is 5.56 Å². The van der Waals surface area contributed by atoms with Gasteiger partial charge in [-0.3, -0.25) is 4.79 Å². The molecule has 0 spiro atoms. The molecule has 1 rings (SSSR count). The van der Waals surface area contributed by atoms with Crippen LogP contribution in [0.2, 0.25) is 0 Å². The fourth-order valence-corrected chi connectivity index (χ4v) is 2.34. The van der Waals surface area contributed by atoms with Gasteiger partial charge in [-0.2, -0.15) is 0 Å². The number of nitrogens with one attached hydrogen (secondary N) is 1. The molecule has 0 saturated heterocycles. The minimum atomic E-state index is -1.22. The second-order valence-electron chi connectivity index (χ2n) is 7.12. The van der Waals surface area contributed by atoms with Crippen LogP contribution in [0.25, 0.3) is 0 Å². The zero-order valence-corrected chi connectivity index (χ0v) is 17.0. The van der Waals surface area contributed by atoms with Gasteiger partial charge in [0.05, 0.1) is 20.3 Å². The predicted octanol–water partition coefficient (Wildman–Crippen LogP) is 2.59. The highest BCUT2D eigenvalue weighted by atomic mass is 16.6. The van der Waals surface area contributed by atoms with Crippen molar-refractivity contribution < 1.29 is 33.3 Å². The fraction of sp³-hybridized carbons (Fsp3) is 0.550. The maximum Gasteiger partial charge on any atom is 0.408 e. The SMILES string of the molecule is COC(=O)[C@@H](NC(=O)OC(C)(C)C)[C@@H](CCOCc1ccccc1)OC(C)=O. The van der Waals surface area contributed by atoms with Crippen molar-refractivity contribution in [1.82, 2.24) is 5.32 Å². The van der Waals surface area contributed by atoms with Crippen molar-refractivity contribution in [2.24, 2.45) is 0 Å². The zero-order chi connectivity index (χ0) is 21.2. The van der Waals surface area contributed by atoms with Gasteiger partial charge in [0.15, 0.2) is 6.04 Å². The maximum atomic E-state index is 12.2. The number of alkyl carbamates (subject to hydrolysis) is 1. The van der Waals surface area contributed by atoms with E-state index in [1.54, 1.807) is 20.8 Å². The summed E-state index contributed by atoms with van der Waals surface area (Å²) in [6.45, 7) is 6.88. The number of ether oxygens (including phenoxy) is 4. The topological polar surface area (TPSA) is 100 Å². The number of rotatable bonds is 9. The highest BCUT2D eigenvalue weighted by Gasteiger charge is 2.34. The molecule has 1 aromatic carbocycles. The van der Waals surface area contributed by atoms with Gasteiger partial charge in [0.25, 0.3) is 0 Å². The fourth-order valence-electron chi connectivity index (χ4n) is 2.34. The first kappa shape index (κ1) is 23.4. The van der Waals surface area contributed by atoms with Crippen LogP contribution in [-0.4, -0.2) is 49.5 Å². The first-order valence-electron chi connectivity index (χ1n) is 8.98. The summed E-state index contributed by atoms with van der Waals surface area (Å²) in [6, 6.07) is 8.33. The van der Waals surface area contributed by atoms with Gasteiger partial charge in [0.1, 0.15) is 11.7 Å². The van der Waals surface area contributed by atoms with E-state index in [-0.39, 0.29) is 13.0 Å². The van der Waals surface area contributed by atoms with E-state index in [0.29, 0.717) is 6.61 Å². The van der Waals surface area contributed by atoms with Gasteiger partial charge in [-0.25, -0.2) is 9.59 Å². The van der Waals surface area contributed by atoms with Gasteiger partial charge in [-0.1, -0.05) is 30.3 Å². The van der Waals surface area contributed by atoms with Gasteiger partial charge >= 0.3 is 18.0 Å². The number of esters is 2. The van der Waals surface area contributed by atoms with Gasteiger partial charge in [-0.05, 0) is 26.3 Å². The highest BCUT2D eigenvalue weighted by molar-refractivity contribution is 5.82. The van der Waals surface area contributed by atoms with Crippen molar-refractivity contribution in [3.63, 3.8) is 0 Å². The number of carbonyl (C=O) groups excluding carboxylic acids is 3. The van der Waals surface area contributed by atoms with E-state index >= 15 is 0 Å². The van der Waals surface area contributed by atoms with Crippen LogP contribution in [0.4, 0.5) is 4.79 Å². The average molecular weight is 395 g/mol. The lowest BCUT2D eigenvalue weighted by atomic mass is 10.1. The van der Waals surface area contributed by atoms with Crippen LogP contribution in [0.3, 0.4) is 0 Å². The van der Waals surface area contributed by atoms with E-state index in [1.165, 1.54) is 14.0 Å². The molecular formula is C20H29NO7. The van der Waals surface area contributed by atoms with Crippen LogP contribution >= 0.6 is 0 Å². The van der Waals surface area contributed by atoms with E-state index in [9.17, 15) is 14.4 Å². The molecule has 0 fully saturated rings. The molecule has 1 aromatic rings. The maximum absolute atomic E-state index is 12.2. The highest BCUT2D eigenvalue weighted by Crippen LogP contribution is 2.12. The van der Waals surface area contributed by atoms with Crippen LogP contribution in [0, 0.1) is 0 Å². The van der Waals surface area contributed by atoms with Gasteiger partial charge in [-0.15, -0.1) is 0 Å². The molecule has 0 radical (unpaired) electrons. The molecule has 0 heterocycles. The Morgan fingerprint density at radius 1 is 1.11 bits per heavy atom. The molecule has 8 nitrogen and oxygen atoms in total. The molecule has 0 bridgehead atoms. The molecule has 0 saturated carbocycles. The lowest BCUT2D eigenvalue weighted by Gasteiger charge is -2.27. The summed E-state index contributed by atoms with van der Waals surface area (Å²) in [6.07, 6.45) is -1.60. The standard InChI is InChI=1S/C20H29NO7/c1-14(22)27-16(11-12-26-13-15-9-7-6-8-10-15)17(18(23)25-5)21-19(24)28-20(2,3)4/h6-10,16-17H,11-13H2,1-5H3,(H,21,24)/t16-,17+/m1/s1. The Kier molecular flexibility index (Phi) is 9.44. The summed E-state index contributed by atoms with van der Waals surface area (Å²) in [7, 11) is 1.18. The molecule has 0 aliphatic heterocycles. The second kappa shape index (κ2) is 11.3. The summed E-state index contributed by atoms with van der Waals surface area (Å²) in [5, 5.41) is 2.42. The van der Waals surface area contributed by atoms with Crippen molar-refractivity contribution >= 4 is 18.0 Å². The van der Waals surface area contributed by atoms with Gasteiger partial charge in [0, 0.05) is 13.3 Å². The smallest absolute Gasteiger partial charge is 0.408 e. The van der Waals surface area contributed by atoms with Crippen molar-refractivity contribution in [3.8, 4) is 0 Å². The zero-order valence-electron chi connectivity index (χ0n) is 17.0. The van der Waals surface area contributed by atoms with E-state index in [2.05, 4.69) is 5.32 Å². The third-order valence-electron chi connectivity index (χ3n) is 3.47. The number of hydrogen-bond acceptors (Lipinski definition) is 7. The molecule has 0 aromatic heterocycles. The summed E-state index contributed by atoms with van der Waals surface area (Å²) < 4.78 is 20.7. The Bertz CT molecular complexity index is 640. The Morgan fingerprint density at radius 2 is 1.75 bits per heavy atom. The second-order valence-corrected chi connectivity index (χ2v) is 7.12. The first-order valence-corrected chi connectivity index (χ1v) is 8.98. The Balaban J connectivity index is 2.74. The number of amides is 1. The van der Waals surface area contributed by atoms with E-state index < -0.39 is 35.8 Å². The van der Waals surface area contributed by atoms with E-state index in [1.807, 2.05) is 30.3 Å². The van der Waals surface area contributed by atoms with Crippen LogP contribution < -0.4 is 5.32 Å². The molecule has 8 heteroatoms. The molecule has 28 heavy (non-hydrogen) atoms. The number of benzene rings is 1. The van der Waals surface area contributed by atoms with Crippen molar-refractivity contribution in [3.05, 3.63) is 35.9 Å². The van der Waals surface area contributed by atoms with Gasteiger partial charge in [0.2, 0.25) is 0 Å². The molecule has 0 aliphatic carbocycles. The summed E-state index contributed by atoms with van der Waals surface area (Å²) in [5.41, 5.74) is 0.239. The van der Waals surface area contributed by atoms with Gasteiger partial charge < -0.3 is 24.3 Å². The lowest BCUT2D eigenvalue weighted by Crippen LogP contribution is -2.52. The summed E-state index contributed by atoms with van der Waals surface area (Å²) in [5.74, 6) is -1.34. The quantitative estimate of drug-likeness (QED) is 0.390. The molecule has 0 unspecified atom stereocenters. The Hall–Kier alpha value is -2.61. The average Bonchev–Trinajstić information content (AvgIpc) is 2.61. The number of hydrogen-bond donors (Lipinski definition) is 1. The first-order chi connectivity index (χ1) is 13.1. The van der Waals surface area contributed by atoms with Crippen molar-refractivity contribution in [1.29, 1.82) is 0 Å². The van der Waals surface area contributed by atoms with E-state index in [4.69, 9.17) is 18.9 Å². The number of carbonyl (C=O) groups is 3. The molecule has 0 aliphatic rings. The predicted molar refractivity (Wildman–Crippen MR) is 101 cm³/mol. The number of methoxy groups -OCH3 is 1. The summed E-state index contributed by atoms with van der Waals surface area (Å²) in [4.78, 5) is 35.7. The Labute approximate surface area is 165 Å². The minimum Gasteiger partial charge on any atom is -0.467 e. The van der Waals surface area contributed by atoms with Crippen LogP contribution in [0.5, 0.6) is 0 Å². The lowest BCUT2D eigenvalue weighted by molar-refractivity contribution is -0.156. The molecule has 156 valence electrons. The molecular weight excluding hydrogens is 366 g/mol. The molecule has 1 amide bonds. The molecule has 1 N–H and O–H groups in total. The molecule has 2 atom stereocenters. The van der Waals surface area contributed by atoms with Crippen LogP contribution in [0.1, 0.15) is 39.7 Å². The van der Waals surface area contributed by atoms with Crippen LogP contribution in [-0.2, 0) is 35.1 Å². The van der Waals surface area contributed by atoms with Crippen LogP contribution in [0.15, 0.2) is 30.3 Å². The third kappa shape index (κ3) is 9.36. The normalized spacial score (nSPS) is 13.2. The monoisotopic (exact) mass is 395 g/mol. The minimum absolute atomic E-state index is 0.183. The van der Waals surface area contributed by atoms with Crippen molar-refractivity contribution in [2.75, 3.05) is 13.7 Å². The third-order valence-corrected chi connectivity index (χ3v) is 3.47. The Morgan fingerprint density at radius 3 is 2.29 bits per heavy atom. The summed E-state index contributed by atoms with van der Waals surface area (Å²) >= 11 is 0. The van der Waals surface area contributed by atoms with Crippen molar-refractivity contribution in [2.45, 2.75) is 58.5 Å². The largest absolute Gasteiger partial charge is 0.467 e.